The lowest BCUT2D eigenvalue weighted by molar-refractivity contribution is -0.0411. The molecule has 1 aliphatic heterocycles. The number of nitrogens with zero attached hydrogens (tertiary/aromatic N) is 4. The first kappa shape index (κ1) is 17.2. The van der Waals surface area contributed by atoms with E-state index in [1.54, 1.807) is 6.33 Å². The van der Waals surface area contributed by atoms with Crippen molar-refractivity contribution in [3.05, 3.63) is 23.7 Å². The molecule has 6 heteroatoms. The van der Waals surface area contributed by atoms with Crippen molar-refractivity contribution in [3.8, 4) is 0 Å². The molecule has 3 aromatic rings. The van der Waals surface area contributed by atoms with Gasteiger partial charge < -0.3 is 14.1 Å². The van der Waals surface area contributed by atoms with Gasteiger partial charge in [0.25, 0.3) is 0 Å². The molecular formula is C20H26N4O2. The van der Waals surface area contributed by atoms with E-state index in [1.165, 1.54) is 0 Å². The van der Waals surface area contributed by atoms with Gasteiger partial charge in [-0.25, -0.2) is 15.0 Å². The number of unbranched alkanes of at least 4 members (excludes halogenated alkanes) is 1. The van der Waals surface area contributed by atoms with Crippen molar-refractivity contribution in [2.45, 2.75) is 59.2 Å². The maximum atomic E-state index is 6.16. The molecule has 0 spiro atoms. The van der Waals surface area contributed by atoms with Crippen molar-refractivity contribution in [1.82, 2.24) is 15.0 Å². The van der Waals surface area contributed by atoms with Gasteiger partial charge in [-0.3, -0.25) is 0 Å². The van der Waals surface area contributed by atoms with Gasteiger partial charge in [-0.1, -0.05) is 13.3 Å². The monoisotopic (exact) mass is 354 g/mol. The first-order valence-corrected chi connectivity index (χ1v) is 9.47. The quantitative estimate of drug-likeness (QED) is 0.682. The van der Waals surface area contributed by atoms with Gasteiger partial charge >= 0.3 is 0 Å². The highest BCUT2D eigenvalue weighted by molar-refractivity contribution is 6.04. The molecule has 0 bridgehead atoms. The predicted molar refractivity (Wildman–Crippen MR) is 102 cm³/mol. The Kier molecular flexibility index (Phi) is 4.31. The number of hydrogen-bond acceptors (Lipinski definition) is 6. The smallest absolute Gasteiger partial charge is 0.229 e. The summed E-state index contributed by atoms with van der Waals surface area (Å²) in [6.45, 7) is 10.9. The minimum absolute atomic E-state index is 0.191. The summed E-state index contributed by atoms with van der Waals surface area (Å²) in [5.74, 6) is 0.860. The fourth-order valence-corrected chi connectivity index (χ4v) is 3.56. The molecule has 4 rings (SSSR count). The number of fused-ring (bicyclic) bond motifs is 4. The maximum absolute atomic E-state index is 6.16. The summed E-state index contributed by atoms with van der Waals surface area (Å²) in [4.78, 5) is 16.1. The Balaban J connectivity index is 1.85. The molecule has 0 N–H and O–H groups in total. The van der Waals surface area contributed by atoms with E-state index in [-0.39, 0.29) is 5.60 Å². The number of aromatic nitrogens is 3. The van der Waals surface area contributed by atoms with Crippen LogP contribution in [0.25, 0.3) is 22.2 Å². The Morgan fingerprint density at radius 3 is 2.85 bits per heavy atom. The van der Waals surface area contributed by atoms with Gasteiger partial charge in [-0.15, -0.1) is 0 Å². The average Bonchev–Trinajstić information content (AvgIpc) is 2.98. The van der Waals surface area contributed by atoms with E-state index >= 15 is 0 Å². The van der Waals surface area contributed by atoms with Gasteiger partial charge in [0.1, 0.15) is 11.8 Å². The molecular weight excluding hydrogens is 328 g/mol. The summed E-state index contributed by atoms with van der Waals surface area (Å²) in [6, 6.07) is 2.12. The normalized spacial score (nSPS) is 16.2. The Morgan fingerprint density at radius 1 is 1.23 bits per heavy atom. The Labute approximate surface area is 153 Å². The van der Waals surface area contributed by atoms with Crippen molar-refractivity contribution >= 4 is 28.0 Å². The van der Waals surface area contributed by atoms with Gasteiger partial charge in [-0.2, -0.15) is 0 Å². The molecule has 6 nitrogen and oxygen atoms in total. The third kappa shape index (κ3) is 2.92. The molecule has 3 aromatic heterocycles. The van der Waals surface area contributed by atoms with Crippen molar-refractivity contribution in [1.29, 1.82) is 0 Å². The summed E-state index contributed by atoms with van der Waals surface area (Å²) in [5, 5.41) is 0.942. The number of hydrogen-bond donors (Lipinski definition) is 0. The van der Waals surface area contributed by atoms with Gasteiger partial charge in [0, 0.05) is 25.1 Å². The van der Waals surface area contributed by atoms with E-state index in [0.29, 0.717) is 12.3 Å². The molecule has 0 fully saturated rings. The van der Waals surface area contributed by atoms with Crippen LogP contribution >= 0.6 is 0 Å². The highest BCUT2D eigenvalue weighted by Gasteiger charge is 2.28. The van der Waals surface area contributed by atoms with E-state index in [9.17, 15) is 0 Å². The van der Waals surface area contributed by atoms with Crippen LogP contribution in [0.1, 0.15) is 51.8 Å². The lowest BCUT2D eigenvalue weighted by Gasteiger charge is -2.30. The van der Waals surface area contributed by atoms with Crippen molar-refractivity contribution in [2.75, 3.05) is 18.0 Å². The first-order chi connectivity index (χ1) is 12.5. The molecule has 4 heterocycles. The lowest BCUT2D eigenvalue weighted by atomic mass is 9.95. The summed E-state index contributed by atoms with van der Waals surface area (Å²) in [5.41, 5.74) is 4.20. The molecule has 0 aliphatic carbocycles. The van der Waals surface area contributed by atoms with Crippen LogP contribution in [0.5, 0.6) is 0 Å². The van der Waals surface area contributed by atoms with Gasteiger partial charge in [0.05, 0.1) is 23.3 Å². The minimum Gasteiger partial charge on any atom is -0.432 e. The van der Waals surface area contributed by atoms with E-state index in [0.717, 1.165) is 65.9 Å². The zero-order valence-corrected chi connectivity index (χ0v) is 16.0. The summed E-state index contributed by atoms with van der Waals surface area (Å²) >= 11 is 0. The van der Waals surface area contributed by atoms with Crippen LogP contribution in [-0.2, 0) is 17.8 Å². The zero-order chi connectivity index (χ0) is 18.3. The summed E-state index contributed by atoms with van der Waals surface area (Å²) < 4.78 is 12.1. The molecule has 138 valence electrons. The highest BCUT2D eigenvalue weighted by Crippen LogP contribution is 2.35. The van der Waals surface area contributed by atoms with Gasteiger partial charge in [0.2, 0.25) is 5.71 Å². The second-order valence-electron chi connectivity index (χ2n) is 7.58. The zero-order valence-electron chi connectivity index (χ0n) is 16.0. The lowest BCUT2D eigenvalue weighted by Crippen LogP contribution is -2.32. The number of pyridine rings is 1. The van der Waals surface area contributed by atoms with Crippen LogP contribution in [0.3, 0.4) is 0 Å². The van der Waals surface area contributed by atoms with Crippen LogP contribution in [0, 0.1) is 0 Å². The summed E-state index contributed by atoms with van der Waals surface area (Å²) in [7, 11) is 0. The van der Waals surface area contributed by atoms with E-state index < -0.39 is 0 Å². The Bertz CT molecular complexity index is 948. The molecule has 0 unspecified atom stereocenters. The van der Waals surface area contributed by atoms with Crippen LogP contribution in [0.4, 0.5) is 5.82 Å². The number of furan rings is 1. The highest BCUT2D eigenvalue weighted by atomic mass is 16.5. The van der Waals surface area contributed by atoms with Crippen molar-refractivity contribution in [2.24, 2.45) is 0 Å². The molecule has 0 aromatic carbocycles. The number of anilines is 1. The van der Waals surface area contributed by atoms with Crippen molar-refractivity contribution in [3.63, 3.8) is 0 Å². The molecule has 0 saturated heterocycles. The predicted octanol–water partition coefficient (Wildman–Crippen LogP) is 4.25. The van der Waals surface area contributed by atoms with Gasteiger partial charge in [0.15, 0.2) is 11.4 Å². The standard InChI is InChI=1S/C20H26N4O2/c1-5-7-8-24(6-2)18-17-16(21-12-22-18)14-9-13-11-25-20(3,4)10-15(13)23-19(14)26-17/h9,12H,5-8,10-11H2,1-4H3. The number of rotatable bonds is 5. The Morgan fingerprint density at radius 2 is 2.08 bits per heavy atom. The topological polar surface area (TPSA) is 64.3 Å². The SMILES string of the molecule is CCCCN(CC)c1ncnc2c1oc1nc3c(cc12)COC(C)(C)C3. The molecule has 1 aliphatic rings. The number of ether oxygens (including phenoxy) is 1. The van der Waals surface area contributed by atoms with Crippen LogP contribution in [-0.4, -0.2) is 33.6 Å². The Hall–Kier alpha value is -2.21. The van der Waals surface area contributed by atoms with Crippen molar-refractivity contribution < 1.29 is 9.15 Å². The largest absolute Gasteiger partial charge is 0.432 e. The molecule has 26 heavy (non-hydrogen) atoms. The summed E-state index contributed by atoms with van der Waals surface area (Å²) in [6.07, 6.45) is 4.68. The van der Waals surface area contributed by atoms with E-state index in [2.05, 4.69) is 48.6 Å². The third-order valence-electron chi connectivity index (χ3n) is 5.07. The fraction of sp³-hybridized carbons (Fsp3) is 0.550. The first-order valence-electron chi connectivity index (χ1n) is 9.47. The third-order valence-corrected chi connectivity index (χ3v) is 5.07. The second kappa shape index (κ2) is 6.50. The van der Waals surface area contributed by atoms with Gasteiger partial charge in [-0.05, 0) is 33.3 Å². The average molecular weight is 354 g/mol. The van der Waals surface area contributed by atoms with Crippen LogP contribution in [0.15, 0.2) is 16.8 Å². The maximum Gasteiger partial charge on any atom is 0.229 e. The molecule has 0 atom stereocenters. The fourth-order valence-electron chi connectivity index (χ4n) is 3.56. The van der Waals surface area contributed by atoms with E-state index in [1.807, 2.05) is 0 Å². The molecule has 0 saturated carbocycles. The van der Waals surface area contributed by atoms with Crippen LogP contribution in [0.2, 0.25) is 0 Å². The van der Waals surface area contributed by atoms with Crippen LogP contribution < -0.4 is 4.90 Å². The van der Waals surface area contributed by atoms with E-state index in [4.69, 9.17) is 14.1 Å². The molecule has 0 radical (unpaired) electrons. The second-order valence-corrected chi connectivity index (χ2v) is 7.58. The molecule has 0 amide bonds. The minimum atomic E-state index is -0.191.